The van der Waals surface area contributed by atoms with Crippen molar-refractivity contribution in [2.24, 2.45) is 0 Å². The molecule has 4 rings (SSSR count). The number of ether oxygens (including phenoxy) is 1. The quantitative estimate of drug-likeness (QED) is 0.793. The van der Waals surface area contributed by atoms with Gasteiger partial charge in [0.05, 0.1) is 6.61 Å². The SMILES string of the molecule is CN1CCc2cc(O)ccc2C1Cc1ccc(OCCC2CCCCN2)cc1. The van der Waals surface area contributed by atoms with Gasteiger partial charge in [-0.3, -0.25) is 4.90 Å². The van der Waals surface area contributed by atoms with Crippen LogP contribution in [-0.2, 0) is 12.8 Å². The highest BCUT2D eigenvalue weighted by Crippen LogP contribution is 2.33. The molecule has 2 aromatic rings. The molecule has 2 unspecified atom stereocenters. The van der Waals surface area contributed by atoms with E-state index in [-0.39, 0.29) is 0 Å². The number of hydrogen-bond donors (Lipinski definition) is 2. The lowest BCUT2D eigenvalue weighted by atomic mass is 9.89. The van der Waals surface area contributed by atoms with Crippen LogP contribution in [0.1, 0.15) is 48.4 Å². The first-order valence-corrected chi connectivity index (χ1v) is 10.7. The lowest BCUT2D eigenvalue weighted by Gasteiger charge is -2.35. The maximum Gasteiger partial charge on any atom is 0.119 e. The molecular weight excluding hydrogens is 348 g/mol. The van der Waals surface area contributed by atoms with Crippen LogP contribution in [0.4, 0.5) is 0 Å². The minimum Gasteiger partial charge on any atom is -0.508 e. The Morgan fingerprint density at radius 1 is 1.14 bits per heavy atom. The first-order valence-electron chi connectivity index (χ1n) is 10.7. The Hall–Kier alpha value is -2.04. The van der Waals surface area contributed by atoms with Crippen molar-refractivity contribution in [2.75, 3.05) is 26.7 Å². The highest BCUT2D eigenvalue weighted by molar-refractivity contribution is 5.39. The van der Waals surface area contributed by atoms with Crippen LogP contribution in [-0.4, -0.2) is 42.8 Å². The number of fused-ring (bicyclic) bond motifs is 1. The average molecular weight is 381 g/mol. The Labute approximate surface area is 168 Å². The summed E-state index contributed by atoms with van der Waals surface area (Å²) in [5.74, 6) is 1.33. The molecule has 0 radical (unpaired) electrons. The van der Waals surface area contributed by atoms with Crippen LogP contribution >= 0.6 is 0 Å². The van der Waals surface area contributed by atoms with Crippen LogP contribution in [0.5, 0.6) is 11.5 Å². The van der Waals surface area contributed by atoms with Crippen molar-refractivity contribution in [1.82, 2.24) is 10.2 Å². The number of rotatable bonds is 6. The summed E-state index contributed by atoms with van der Waals surface area (Å²) in [6.45, 7) is 2.95. The van der Waals surface area contributed by atoms with Gasteiger partial charge in [0, 0.05) is 18.6 Å². The summed E-state index contributed by atoms with van der Waals surface area (Å²) in [6.07, 6.45) is 6.97. The number of likely N-dealkylation sites (N-methyl/N-ethyl adjacent to an activating group) is 1. The first kappa shape index (κ1) is 19.3. The molecule has 2 heterocycles. The van der Waals surface area contributed by atoms with Gasteiger partial charge in [0.15, 0.2) is 0 Å². The Bertz CT molecular complexity index is 769. The molecule has 1 saturated heterocycles. The maximum absolute atomic E-state index is 9.78. The minimum absolute atomic E-state index is 0.355. The minimum atomic E-state index is 0.355. The van der Waals surface area contributed by atoms with Crippen molar-refractivity contribution >= 4 is 0 Å². The highest BCUT2D eigenvalue weighted by Gasteiger charge is 2.25. The molecule has 4 nitrogen and oxygen atoms in total. The van der Waals surface area contributed by atoms with Crippen molar-refractivity contribution in [3.8, 4) is 11.5 Å². The third-order valence-electron chi connectivity index (χ3n) is 6.25. The van der Waals surface area contributed by atoms with Crippen LogP contribution in [0, 0.1) is 0 Å². The van der Waals surface area contributed by atoms with Crippen molar-refractivity contribution < 1.29 is 9.84 Å². The number of phenols is 1. The second kappa shape index (κ2) is 8.97. The molecule has 0 aromatic heterocycles. The Morgan fingerprint density at radius 2 is 2.00 bits per heavy atom. The van der Waals surface area contributed by atoms with Gasteiger partial charge in [0.25, 0.3) is 0 Å². The van der Waals surface area contributed by atoms with E-state index in [1.165, 1.54) is 36.0 Å². The van der Waals surface area contributed by atoms with Crippen LogP contribution < -0.4 is 10.1 Å². The fourth-order valence-corrected chi connectivity index (χ4v) is 4.52. The smallest absolute Gasteiger partial charge is 0.119 e. The van der Waals surface area contributed by atoms with Crippen LogP contribution in [0.25, 0.3) is 0 Å². The first-order chi connectivity index (χ1) is 13.7. The highest BCUT2D eigenvalue weighted by atomic mass is 16.5. The molecule has 0 spiro atoms. The van der Waals surface area contributed by atoms with E-state index in [1.807, 2.05) is 12.1 Å². The van der Waals surface area contributed by atoms with E-state index in [4.69, 9.17) is 4.74 Å². The van der Waals surface area contributed by atoms with Crippen molar-refractivity contribution in [2.45, 2.75) is 50.6 Å². The molecule has 0 amide bonds. The molecule has 28 heavy (non-hydrogen) atoms. The summed E-state index contributed by atoms with van der Waals surface area (Å²) in [7, 11) is 2.19. The van der Waals surface area contributed by atoms with Crippen LogP contribution in [0.2, 0.25) is 0 Å². The Balaban J connectivity index is 1.34. The standard InChI is InChI=1S/C24H32N2O2/c1-26-14-11-19-17-21(27)7-10-23(19)24(26)16-18-5-8-22(9-6-18)28-15-12-20-4-2-3-13-25-20/h5-10,17,20,24-25,27H,2-4,11-16H2,1H3. The third kappa shape index (κ3) is 4.68. The second-order valence-corrected chi connectivity index (χ2v) is 8.26. The number of piperidine rings is 1. The summed E-state index contributed by atoms with van der Waals surface area (Å²) in [5, 5.41) is 13.4. The van der Waals surface area contributed by atoms with E-state index in [2.05, 4.69) is 47.6 Å². The topological polar surface area (TPSA) is 44.7 Å². The average Bonchev–Trinajstić information content (AvgIpc) is 2.72. The summed E-state index contributed by atoms with van der Waals surface area (Å²) in [6, 6.07) is 15.4. The van der Waals surface area contributed by atoms with Gasteiger partial charge < -0.3 is 15.2 Å². The third-order valence-corrected chi connectivity index (χ3v) is 6.25. The van der Waals surface area contributed by atoms with Gasteiger partial charge in [-0.15, -0.1) is 0 Å². The molecule has 0 aliphatic carbocycles. The molecule has 150 valence electrons. The fourth-order valence-electron chi connectivity index (χ4n) is 4.52. The van der Waals surface area contributed by atoms with Gasteiger partial charge in [-0.1, -0.05) is 24.6 Å². The molecular formula is C24H32N2O2. The van der Waals surface area contributed by atoms with Crippen molar-refractivity contribution in [1.29, 1.82) is 0 Å². The zero-order valence-corrected chi connectivity index (χ0v) is 16.9. The zero-order chi connectivity index (χ0) is 19.3. The largest absolute Gasteiger partial charge is 0.508 e. The van der Waals surface area contributed by atoms with Gasteiger partial charge in [-0.05, 0) is 86.7 Å². The Kier molecular flexibility index (Phi) is 6.18. The van der Waals surface area contributed by atoms with Crippen molar-refractivity contribution in [3.63, 3.8) is 0 Å². The predicted octanol–water partition coefficient (Wildman–Crippen LogP) is 4.07. The summed E-state index contributed by atoms with van der Waals surface area (Å²) in [5.41, 5.74) is 3.94. The number of aromatic hydroxyl groups is 1. The van der Waals surface area contributed by atoms with E-state index >= 15 is 0 Å². The van der Waals surface area contributed by atoms with Crippen LogP contribution in [0.3, 0.4) is 0 Å². The van der Waals surface area contributed by atoms with E-state index < -0.39 is 0 Å². The number of hydrogen-bond acceptors (Lipinski definition) is 4. The molecule has 2 aliphatic rings. The summed E-state index contributed by atoms with van der Waals surface area (Å²) < 4.78 is 5.97. The zero-order valence-electron chi connectivity index (χ0n) is 16.9. The second-order valence-electron chi connectivity index (χ2n) is 8.26. The normalized spacial score (nSPS) is 22.6. The molecule has 2 atom stereocenters. The lowest BCUT2D eigenvalue weighted by molar-refractivity contribution is 0.229. The number of benzene rings is 2. The Morgan fingerprint density at radius 3 is 2.79 bits per heavy atom. The predicted molar refractivity (Wildman–Crippen MR) is 113 cm³/mol. The van der Waals surface area contributed by atoms with E-state index in [9.17, 15) is 5.11 Å². The summed E-state index contributed by atoms with van der Waals surface area (Å²) in [4.78, 5) is 2.42. The maximum atomic E-state index is 9.78. The van der Waals surface area contributed by atoms with E-state index in [1.54, 1.807) is 0 Å². The van der Waals surface area contributed by atoms with Gasteiger partial charge in [0.2, 0.25) is 0 Å². The monoisotopic (exact) mass is 380 g/mol. The molecule has 2 aromatic carbocycles. The lowest BCUT2D eigenvalue weighted by Crippen LogP contribution is -2.35. The van der Waals surface area contributed by atoms with E-state index in [0.717, 1.165) is 44.7 Å². The molecule has 2 aliphatic heterocycles. The van der Waals surface area contributed by atoms with Gasteiger partial charge >= 0.3 is 0 Å². The molecule has 1 fully saturated rings. The van der Waals surface area contributed by atoms with Gasteiger partial charge in [-0.2, -0.15) is 0 Å². The van der Waals surface area contributed by atoms with Crippen LogP contribution in [0.15, 0.2) is 42.5 Å². The molecule has 4 heteroatoms. The van der Waals surface area contributed by atoms with Crippen molar-refractivity contribution in [3.05, 3.63) is 59.2 Å². The number of phenolic OH excluding ortho intramolecular Hbond substituents is 1. The molecule has 0 saturated carbocycles. The van der Waals surface area contributed by atoms with Gasteiger partial charge in [0.1, 0.15) is 11.5 Å². The van der Waals surface area contributed by atoms with Gasteiger partial charge in [-0.25, -0.2) is 0 Å². The molecule has 2 N–H and O–H groups in total. The van der Waals surface area contributed by atoms with E-state index in [0.29, 0.717) is 17.8 Å². The number of nitrogens with one attached hydrogen (secondary N) is 1. The number of nitrogens with zero attached hydrogens (tertiary/aromatic N) is 1. The molecule has 0 bridgehead atoms. The summed E-state index contributed by atoms with van der Waals surface area (Å²) >= 11 is 0. The fraction of sp³-hybridized carbons (Fsp3) is 0.500.